The van der Waals surface area contributed by atoms with Gasteiger partial charge < -0.3 is 44.2 Å². The van der Waals surface area contributed by atoms with Crippen LogP contribution in [0.4, 0.5) is 0 Å². The Labute approximate surface area is 228 Å². The maximum Gasteiger partial charge on any atom is 1.00 e. The van der Waals surface area contributed by atoms with Gasteiger partial charge in [-0.1, -0.05) is 0 Å². The van der Waals surface area contributed by atoms with E-state index in [-0.39, 0.29) is 94.1 Å². The van der Waals surface area contributed by atoms with Crippen LogP contribution in [0.2, 0.25) is 0 Å². The summed E-state index contributed by atoms with van der Waals surface area (Å²) in [6.07, 6.45) is -5.51. The van der Waals surface area contributed by atoms with E-state index in [1.165, 1.54) is 0 Å². The molecule has 0 bridgehead atoms. The summed E-state index contributed by atoms with van der Waals surface area (Å²) in [6, 6.07) is 0.938. The van der Waals surface area contributed by atoms with Gasteiger partial charge in [0.1, 0.15) is 18.3 Å². The van der Waals surface area contributed by atoms with Crippen molar-refractivity contribution in [1.29, 1.82) is 0 Å². The first-order valence-electron chi connectivity index (χ1n) is 6.42. The van der Waals surface area contributed by atoms with Crippen LogP contribution in [0, 0.1) is 0 Å². The minimum atomic E-state index is -5.88. The molecule has 1 aromatic heterocycles. The predicted octanol–water partition coefficient (Wildman–Crippen LogP) is -14.3. The van der Waals surface area contributed by atoms with Crippen LogP contribution in [-0.2, 0) is 22.7 Å². The van der Waals surface area contributed by atoms with E-state index < -0.39 is 58.0 Å². The van der Waals surface area contributed by atoms with Crippen molar-refractivity contribution in [2.75, 3.05) is 6.61 Å². The van der Waals surface area contributed by atoms with Crippen LogP contribution in [0.25, 0.3) is 0 Å². The van der Waals surface area contributed by atoms with Crippen molar-refractivity contribution in [3.05, 3.63) is 33.1 Å². The molecule has 1 saturated heterocycles. The molecule has 1 aliphatic rings. The number of hydrogen-bond acceptors (Lipinski definition) is 12. The second kappa shape index (κ2) is 14.1. The molecule has 0 radical (unpaired) electrons. The molecule has 0 spiro atoms. The number of aliphatic hydroxyl groups excluding tert-OH is 2. The van der Waals surface area contributed by atoms with E-state index in [9.17, 15) is 43.6 Å². The fourth-order valence-corrected chi connectivity index (χ4v) is 3.53. The molecule has 150 valence electrons. The first-order chi connectivity index (χ1) is 11.4. The smallest absolute Gasteiger partial charge is 0.790 e. The first-order valence-corrected chi connectivity index (χ1v) is 9.34. The van der Waals surface area contributed by atoms with Gasteiger partial charge in [0.05, 0.1) is 14.4 Å². The van der Waals surface area contributed by atoms with E-state index in [2.05, 4.69) is 8.83 Å². The van der Waals surface area contributed by atoms with Gasteiger partial charge >= 0.3 is 94.4 Å². The quantitative estimate of drug-likeness (QED) is 0.249. The van der Waals surface area contributed by atoms with E-state index in [4.69, 9.17) is 4.74 Å². The Balaban J connectivity index is -0.00000169. The number of aromatic nitrogens is 2. The van der Waals surface area contributed by atoms with Gasteiger partial charge in [-0.25, -0.2) is 4.79 Å². The zero-order valence-corrected chi connectivity index (χ0v) is 23.3. The van der Waals surface area contributed by atoms with E-state index >= 15 is 0 Å². The number of H-pyrrole nitrogens is 1. The van der Waals surface area contributed by atoms with Gasteiger partial charge in [0, 0.05) is 12.3 Å². The molecule has 5 atom stereocenters. The molecule has 1 fully saturated rings. The molecule has 1 aromatic rings. The zero-order valence-electron chi connectivity index (χ0n) is 15.5. The summed E-state index contributed by atoms with van der Waals surface area (Å²) in [5, 5.41) is 19.7. The standard InChI is InChI=1S/C9H14N2O12P2.3Na.H2O/c12-5-1-2-11(9(15)10-5)8-7(14)6(13)4(22-8)3-21-25(19,20)23-24(16,17)18;;;;/h1-2,4,6-8,13-14H,3H2,(H,19,20)(H,10,12,15)(H2,16,17,18);;;;1H2/q;3*+1;/p-3. The van der Waals surface area contributed by atoms with Crippen molar-refractivity contribution < 1.29 is 142 Å². The van der Waals surface area contributed by atoms with Gasteiger partial charge in [0.15, 0.2) is 6.23 Å². The number of hydrogen-bond donors (Lipinski definition) is 3. The number of ether oxygens (including phenoxy) is 1. The molecule has 20 heteroatoms. The largest absolute Gasteiger partial charge is 1.00 e. The van der Waals surface area contributed by atoms with Gasteiger partial charge in [-0.2, -0.15) is 0 Å². The third-order valence-corrected chi connectivity index (χ3v) is 5.12. The predicted molar refractivity (Wildman–Crippen MR) is 73.1 cm³/mol. The van der Waals surface area contributed by atoms with Crippen LogP contribution in [0.5, 0.6) is 0 Å². The first kappa shape index (κ1) is 35.4. The van der Waals surface area contributed by atoms with Crippen molar-refractivity contribution in [3.63, 3.8) is 0 Å². The monoisotopic (exact) mass is 488 g/mol. The zero-order chi connectivity index (χ0) is 19.0. The number of nitrogens with one attached hydrogen (secondary N) is 1. The van der Waals surface area contributed by atoms with E-state index in [1.54, 1.807) is 0 Å². The number of rotatable bonds is 6. The minimum absolute atomic E-state index is 0. The normalized spacial score (nSPS) is 25.4. The molecule has 15 nitrogen and oxygen atoms in total. The van der Waals surface area contributed by atoms with Crippen LogP contribution >= 0.6 is 15.6 Å². The molecule has 0 saturated carbocycles. The molecular formula is C9H13N2Na3O13P2. The summed E-state index contributed by atoms with van der Waals surface area (Å²) in [5.41, 5.74) is -1.69. The van der Waals surface area contributed by atoms with E-state index in [0.29, 0.717) is 0 Å². The Morgan fingerprint density at radius 3 is 2.17 bits per heavy atom. The van der Waals surface area contributed by atoms with Gasteiger partial charge in [0.2, 0.25) is 0 Å². The summed E-state index contributed by atoms with van der Waals surface area (Å²) in [4.78, 5) is 56.2. The molecule has 1 aliphatic heterocycles. The molecular weight excluding hydrogens is 475 g/mol. The number of aromatic amines is 1. The summed E-state index contributed by atoms with van der Waals surface area (Å²) >= 11 is 0. The Morgan fingerprint density at radius 2 is 1.69 bits per heavy atom. The molecule has 0 aliphatic carbocycles. The van der Waals surface area contributed by atoms with Gasteiger partial charge in [-0.3, -0.25) is 23.2 Å². The molecule has 0 amide bonds. The van der Waals surface area contributed by atoms with Crippen molar-refractivity contribution in [1.82, 2.24) is 9.55 Å². The Hall–Kier alpha value is 1.78. The fourth-order valence-electron chi connectivity index (χ4n) is 2.04. The van der Waals surface area contributed by atoms with Crippen LogP contribution in [0.3, 0.4) is 0 Å². The third-order valence-electron chi connectivity index (χ3n) is 3.06. The molecule has 5 N–H and O–H groups in total. The topological polar surface area (TPSA) is 258 Å². The second-order valence-electron chi connectivity index (χ2n) is 4.84. The van der Waals surface area contributed by atoms with Crippen molar-refractivity contribution in [2.24, 2.45) is 0 Å². The summed E-state index contributed by atoms with van der Waals surface area (Å²) in [5.74, 6) is 0. The van der Waals surface area contributed by atoms with Gasteiger partial charge in [0.25, 0.3) is 13.4 Å². The summed E-state index contributed by atoms with van der Waals surface area (Å²) in [6.45, 7) is -1.02. The van der Waals surface area contributed by atoms with Crippen LogP contribution in [0.1, 0.15) is 6.23 Å². The average Bonchev–Trinajstić information content (AvgIpc) is 2.71. The maximum absolute atomic E-state index is 11.6. The third kappa shape index (κ3) is 10.5. The van der Waals surface area contributed by atoms with Crippen LogP contribution < -0.4 is 115 Å². The Kier molecular flexibility index (Phi) is 17.2. The minimum Gasteiger partial charge on any atom is -0.790 e. The van der Waals surface area contributed by atoms with E-state index in [1.807, 2.05) is 4.98 Å². The SMILES string of the molecule is O.O=c1ccn(C2OC(COP(=O)([O-])OP(=O)([O-])[O-])C(O)C2O)c(=O)[nH]1.[Na+].[Na+].[Na+]. The molecule has 29 heavy (non-hydrogen) atoms. The molecule has 2 heterocycles. The molecule has 2 rings (SSSR count). The summed E-state index contributed by atoms with van der Waals surface area (Å²) in [7, 11) is -11.4. The van der Waals surface area contributed by atoms with E-state index in [0.717, 1.165) is 16.8 Å². The Bertz CT molecular complexity index is 843. The van der Waals surface area contributed by atoms with Crippen molar-refractivity contribution in [2.45, 2.75) is 24.5 Å². The molecule has 0 aromatic carbocycles. The maximum atomic E-state index is 11.6. The summed E-state index contributed by atoms with van der Waals surface area (Å²) < 4.78 is 34.6. The number of aliphatic hydroxyl groups is 2. The van der Waals surface area contributed by atoms with Crippen LogP contribution in [0.15, 0.2) is 21.9 Å². The Morgan fingerprint density at radius 1 is 1.14 bits per heavy atom. The van der Waals surface area contributed by atoms with Crippen molar-refractivity contribution in [3.8, 4) is 0 Å². The second-order valence-corrected chi connectivity index (χ2v) is 7.54. The molecule has 5 unspecified atom stereocenters. The van der Waals surface area contributed by atoms with Crippen molar-refractivity contribution >= 4 is 15.6 Å². The van der Waals surface area contributed by atoms with Gasteiger partial charge in [-0.15, -0.1) is 0 Å². The fraction of sp³-hybridized carbons (Fsp3) is 0.556. The average molecular weight is 488 g/mol. The van der Waals surface area contributed by atoms with Crippen LogP contribution in [-0.4, -0.2) is 50.2 Å². The van der Waals surface area contributed by atoms with Gasteiger partial charge in [-0.05, 0) is 0 Å². The number of phosphoric ester groups is 1. The number of phosphoric acid groups is 2. The number of nitrogens with zero attached hydrogens (tertiary/aromatic N) is 1.